The number of hydrogen-bond donors (Lipinski definition) is 1. The highest BCUT2D eigenvalue weighted by Gasteiger charge is 2.31. The fourth-order valence-corrected chi connectivity index (χ4v) is 4.68. The first-order chi connectivity index (χ1) is 12.4. The van der Waals surface area contributed by atoms with Gasteiger partial charge in [0, 0.05) is 19.0 Å². The molecule has 1 N–H and O–H groups in total. The number of hydrogen-bond acceptors (Lipinski definition) is 4. The average Bonchev–Trinajstić information content (AvgIpc) is 3.15. The standard InChI is InChI=1S/C19H24N2O4S/c1-15-4-6-16(7-5-15)14-26(23,24)21-10-8-17(9-11-21)19(22)20-13-18-3-2-12-25-18/h2-7,12,17H,8-11,13-14H2,1H3,(H,20,22). The number of amides is 1. The first-order valence-corrected chi connectivity index (χ1v) is 10.4. The molecule has 0 saturated carbocycles. The van der Waals surface area contributed by atoms with E-state index < -0.39 is 10.0 Å². The van der Waals surface area contributed by atoms with E-state index in [1.807, 2.05) is 31.2 Å². The van der Waals surface area contributed by atoms with Crippen LogP contribution in [0.5, 0.6) is 0 Å². The lowest BCUT2D eigenvalue weighted by Gasteiger charge is -2.30. The zero-order chi connectivity index (χ0) is 18.6. The maximum atomic E-state index is 12.6. The Bertz CT molecular complexity index is 821. The molecule has 0 spiro atoms. The smallest absolute Gasteiger partial charge is 0.223 e. The molecule has 0 atom stereocenters. The van der Waals surface area contributed by atoms with Crippen molar-refractivity contribution in [2.24, 2.45) is 5.92 Å². The van der Waals surface area contributed by atoms with Gasteiger partial charge >= 0.3 is 0 Å². The molecular weight excluding hydrogens is 352 g/mol. The van der Waals surface area contributed by atoms with Crippen LogP contribution in [0.3, 0.4) is 0 Å². The van der Waals surface area contributed by atoms with Crippen LogP contribution < -0.4 is 5.32 Å². The number of carbonyl (C=O) groups is 1. The van der Waals surface area contributed by atoms with Crippen molar-refractivity contribution in [3.05, 3.63) is 59.5 Å². The van der Waals surface area contributed by atoms with Crippen molar-refractivity contribution in [1.29, 1.82) is 0 Å². The lowest BCUT2D eigenvalue weighted by molar-refractivity contribution is -0.126. The number of aryl methyl sites for hydroxylation is 1. The molecule has 1 aliphatic heterocycles. The van der Waals surface area contributed by atoms with Crippen LogP contribution in [-0.4, -0.2) is 31.7 Å². The van der Waals surface area contributed by atoms with Gasteiger partial charge in [0.05, 0.1) is 18.6 Å². The summed E-state index contributed by atoms with van der Waals surface area (Å²) in [7, 11) is -3.36. The number of nitrogens with one attached hydrogen (secondary N) is 1. The zero-order valence-electron chi connectivity index (χ0n) is 14.8. The van der Waals surface area contributed by atoms with E-state index in [0.717, 1.165) is 11.1 Å². The monoisotopic (exact) mass is 376 g/mol. The van der Waals surface area contributed by atoms with Gasteiger partial charge in [0.15, 0.2) is 0 Å². The van der Waals surface area contributed by atoms with Crippen LogP contribution in [0.15, 0.2) is 47.1 Å². The number of nitrogens with zero attached hydrogens (tertiary/aromatic N) is 1. The molecule has 1 saturated heterocycles. The molecule has 2 heterocycles. The van der Waals surface area contributed by atoms with E-state index in [1.165, 1.54) is 4.31 Å². The molecule has 1 amide bonds. The second-order valence-electron chi connectivity index (χ2n) is 6.71. The van der Waals surface area contributed by atoms with Crippen molar-refractivity contribution < 1.29 is 17.6 Å². The van der Waals surface area contributed by atoms with Gasteiger partial charge < -0.3 is 9.73 Å². The summed E-state index contributed by atoms with van der Waals surface area (Å²) in [5.74, 6) is 0.507. The predicted octanol–water partition coefficient (Wildman–Crippen LogP) is 2.45. The van der Waals surface area contributed by atoms with E-state index in [2.05, 4.69) is 5.32 Å². The molecule has 0 unspecified atom stereocenters. The molecule has 2 aromatic rings. The second kappa shape index (κ2) is 8.05. The number of rotatable bonds is 6. The Hall–Kier alpha value is -2.12. The fraction of sp³-hybridized carbons (Fsp3) is 0.421. The molecule has 6 nitrogen and oxygen atoms in total. The highest BCUT2D eigenvalue weighted by Crippen LogP contribution is 2.22. The summed E-state index contributed by atoms with van der Waals surface area (Å²) in [4.78, 5) is 12.3. The van der Waals surface area contributed by atoms with E-state index in [1.54, 1.807) is 18.4 Å². The van der Waals surface area contributed by atoms with Crippen LogP contribution in [0.25, 0.3) is 0 Å². The van der Waals surface area contributed by atoms with E-state index in [4.69, 9.17) is 4.42 Å². The van der Waals surface area contributed by atoms with Gasteiger partial charge in [-0.3, -0.25) is 4.79 Å². The Morgan fingerprint density at radius 3 is 2.50 bits per heavy atom. The second-order valence-corrected chi connectivity index (χ2v) is 8.68. The molecule has 1 fully saturated rings. The highest BCUT2D eigenvalue weighted by molar-refractivity contribution is 7.88. The van der Waals surface area contributed by atoms with Crippen molar-refractivity contribution >= 4 is 15.9 Å². The van der Waals surface area contributed by atoms with Crippen LogP contribution in [0.2, 0.25) is 0 Å². The number of sulfonamides is 1. The summed E-state index contributed by atoms with van der Waals surface area (Å²) in [6.07, 6.45) is 2.65. The Morgan fingerprint density at radius 1 is 1.19 bits per heavy atom. The third-order valence-electron chi connectivity index (χ3n) is 4.70. The van der Waals surface area contributed by atoms with Crippen molar-refractivity contribution in [3.63, 3.8) is 0 Å². The average molecular weight is 376 g/mol. The van der Waals surface area contributed by atoms with Crippen LogP contribution in [0.1, 0.15) is 29.7 Å². The van der Waals surface area contributed by atoms with Crippen LogP contribution in [-0.2, 0) is 27.1 Å². The summed E-state index contributed by atoms with van der Waals surface area (Å²) in [6.45, 7) is 3.10. The molecule has 0 aliphatic carbocycles. The zero-order valence-corrected chi connectivity index (χ0v) is 15.7. The van der Waals surface area contributed by atoms with Crippen LogP contribution in [0.4, 0.5) is 0 Å². The molecule has 1 aliphatic rings. The molecule has 140 valence electrons. The number of piperidine rings is 1. The number of benzene rings is 1. The van der Waals surface area contributed by atoms with E-state index >= 15 is 0 Å². The minimum absolute atomic E-state index is 0.00262. The largest absolute Gasteiger partial charge is 0.467 e. The fourth-order valence-electron chi connectivity index (χ4n) is 3.11. The van der Waals surface area contributed by atoms with Crippen molar-refractivity contribution in [3.8, 4) is 0 Å². The topological polar surface area (TPSA) is 79.6 Å². The van der Waals surface area contributed by atoms with Gasteiger partial charge in [0.2, 0.25) is 15.9 Å². The Kier molecular flexibility index (Phi) is 5.78. The Labute approximate surface area is 154 Å². The third-order valence-corrected chi connectivity index (χ3v) is 6.55. The number of carbonyl (C=O) groups excluding carboxylic acids is 1. The van der Waals surface area contributed by atoms with Crippen molar-refractivity contribution in [2.45, 2.75) is 32.1 Å². The first-order valence-electron chi connectivity index (χ1n) is 8.77. The van der Waals surface area contributed by atoms with Crippen LogP contribution >= 0.6 is 0 Å². The lowest BCUT2D eigenvalue weighted by atomic mass is 9.97. The molecule has 3 rings (SSSR count). The van der Waals surface area contributed by atoms with Crippen LogP contribution in [0, 0.1) is 12.8 Å². The molecule has 26 heavy (non-hydrogen) atoms. The molecule has 0 radical (unpaired) electrons. The van der Waals surface area contributed by atoms with Gasteiger partial charge in [0.25, 0.3) is 0 Å². The normalized spacial score (nSPS) is 16.5. The minimum atomic E-state index is -3.36. The van der Waals surface area contributed by atoms with E-state index in [-0.39, 0.29) is 17.6 Å². The van der Waals surface area contributed by atoms with Gasteiger partial charge in [-0.15, -0.1) is 0 Å². The van der Waals surface area contributed by atoms with Crippen molar-refractivity contribution in [2.75, 3.05) is 13.1 Å². The molecule has 1 aromatic carbocycles. The summed E-state index contributed by atoms with van der Waals surface area (Å²) in [6, 6.07) is 11.1. The third kappa shape index (κ3) is 4.74. The Balaban J connectivity index is 1.50. The summed E-state index contributed by atoms with van der Waals surface area (Å²) < 4.78 is 31.9. The van der Waals surface area contributed by atoms with Gasteiger partial charge in [-0.2, -0.15) is 0 Å². The van der Waals surface area contributed by atoms with E-state index in [0.29, 0.717) is 38.2 Å². The molecule has 1 aromatic heterocycles. The minimum Gasteiger partial charge on any atom is -0.467 e. The summed E-state index contributed by atoms with van der Waals surface area (Å²) >= 11 is 0. The molecule has 0 bridgehead atoms. The first kappa shape index (κ1) is 18.7. The van der Waals surface area contributed by atoms with Gasteiger partial charge in [0.1, 0.15) is 5.76 Å². The highest BCUT2D eigenvalue weighted by atomic mass is 32.2. The molecule has 7 heteroatoms. The molecular formula is C19H24N2O4S. The van der Waals surface area contributed by atoms with Gasteiger partial charge in [-0.1, -0.05) is 29.8 Å². The predicted molar refractivity (Wildman–Crippen MR) is 98.7 cm³/mol. The Morgan fingerprint density at radius 2 is 1.88 bits per heavy atom. The quantitative estimate of drug-likeness (QED) is 0.840. The van der Waals surface area contributed by atoms with Crippen molar-refractivity contribution in [1.82, 2.24) is 9.62 Å². The SMILES string of the molecule is Cc1ccc(CS(=O)(=O)N2CCC(C(=O)NCc3ccco3)CC2)cc1. The van der Waals surface area contributed by atoms with E-state index in [9.17, 15) is 13.2 Å². The van der Waals surface area contributed by atoms with Gasteiger partial charge in [-0.25, -0.2) is 12.7 Å². The summed E-state index contributed by atoms with van der Waals surface area (Å²) in [5, 5.41) is 2.85. The van der Waals surface area contributed by atoms with Gasteiger partial charge in [-0.05, 0) is 37.5 Å². The lowest BCUT2D eigenvalue weighted by Crippen LogP contribution is -2.43. The maximum absolute atomic E-state index is 12.6. The summed E-state index contributed by atoms with van der Waals surface area (Å²) in [5.41, 5.74) is 1.89. The maximum Gasteiger partial charge on any atom is 0.223 e. The number of furan rings is 1.